The summed E-state index contributed by atoms with van der Waals surface area (Å²) in [5.41, 5.74) is 0. The second-order valence-electron chi connectivity index (χ2n) is 5.47. The topological polar surface area (TPSA) is 51.0 Å². The fourth-order valence-electron chi connectivity index (χ4n) is 3.30. The van der Waals surface area contributed by atoms with Crippen LogP contribution in [0.5, 0.6) is 0 Å². The lowest BCUT2D eigenvalue weighted by molar-refractivity contribution is -0.136. The summed E-state index contributed by atoms with van der Waals surface area (Å²) < 4.78 is 1.94. The number of aryl methyl sites for hydroxylation is 1. The molecule has 0 spiro atoms. The third kappa shape index (κ3) is 1.91. The van der Waals surface area contributed by atoms with Gasteiger partial charge in [-0.15, -0.1) is 10.2 Å². The predicted molar refractivity (Wildman–Crippen MR) is 66.6 cm³/mol. The standard InChI is InChI=1S/C13H20N4O/c1-16-9-14-15-12(16)11-7-4-8-17(11)13(18)10-5-2-3-6-10/h9-11H,2-8H2,1H3/t11-/m0/s1. The minimum absolute atomic E-state index is 0.144. The summed E-state index contributed by atoms with van der Waals surface area (Å²) in [5, 5.41) is 8.11. The molecule has 1 aliphatic carbocycles. The summed E-state index contributed by atoms with van der Waals surface area (Å²) >= 11 is 0. The highest BCUT2D eigenvalue weighted by molar-refractivity contribution is 5.79. The van der Waals surface area contributed by atoms with E-state index in [4.69, 9.17) is 0 Å². The van der Waals surface area contributed by atoms with Gasteiger partial charge in [-0.1, -0.05) is 12.8 Å². The molecule has 1 aromatic heterocycles. The van der Waals surface area contributed by atoms with Crippen LogP contribution in [0.25, 0.3) is 0 Å². The number of carbonyl (C=O) groups excluding carboxylic acids is 1. The van der Waals surface area contributed by atoms with E-state index in [1.165, 1.54) is 12.8 Å². The molecule has 2 heterocycles. The van der Waals surface area contributed by atoms with Crippen molar-refractivity contribution >= 4 is 5.91 Å². The Morgan fingerprint density at radius 2 is 2.06 bits per heavy atom. The van der Waals surface area contributed by atoms with E-state index in [9.17, 15) is 4.79 Å². The van der Waals surface area contributed by atoms with Crippen LogP contribution in [0.1, 0.15) is 50.4 Å². The molecule has 98 valence electrons. The van der Waals surface area contributed by atoms with Gasteiger partial charge in [0.25, 0.3) is 0 Å². The van der Waals surface area contributed by atoms with Crippen LogP contribution in [-0.4, -0.2) is 32.1 Å². The van der Waals surface area contributed by atoms with Gasteiger partial charge >= 0.3 is 0 Å². The number of hydrogen-bond acceptors (Lipinski definition) is 3. The zero-order chi connectivity index (χ0) is 12.5. The van der Waals surface area contributed by atoms with Crippen LogP contribution in [0.4, 0.5) is 0 Å². The number of rotatable bonds is 2. The highest BCUT2D eigenvalue weighted by Crippen LogP contribution is 2.35. The van der Waals surface area contributed by atoms with Crippen molar-refractivity contribution in [2.24, 2.45) is 13.0 Å². The molecule has 1 atom stereocenters. The molecule has 1 amide bonds. The zero-order valence-electron chi connectivity index (χ0n) is 10.9. The predicted octanol–water partition coefficient (Wildman–Crippen LogP) is 1.67. The van der Waals surface area contributed by atoms with Crippen molar-refractivity contribution in [3.8, 4) is 0 Å². The summed E-state index contributed by atoms with van der Waals surface area (Å²) in [6.07, 6.45) is 8.37. The molecule has 18 heavy (non-hydrogen) atoms. The molecule has 1 saturated carbocycles. The van der Waals surface area contributed by atoms with Gasteiger partial charge in [0.15, 0.2) is 5.82 Å². The number of likely N-dealkylation sites (tertiary alicyclic amines) is 1. The monoisotopic (exact) mass is 248 g/mol. The van der Waals surface area contributed by atoms with Crippen LogP contribution < -0.4 is 0 Å². The van der Waals surface area contributed by atoms with E-state index in [2.05, 4.69) is 10.2 Å². The number of aromatic nitrogens is 3. The van der Waals surface area contributed by atoms with Gasteiger partial charge < -0.3 is 9.47 Å². The first kappa shape index (κ1) is 11.7. The van der Waals surface area contributed by atoms with Crippen LogP contribution >= 0.6 is 0 Å². The fraction of sp³-hybridized carbons (Fsp3) is 0.769. The Hall–Kier alpha value is -1.39. The molecule has 5 heteroatoms. The Bertz CT molecular complexity index is 436. The van der Waals surface area contributed by atoms with E-state index in [1.54, 1.807) is 6.33 Å². The Balaban J connectivity index is 1.79. The molecule has 0 bridgehead atoms. The second kappa shape index (κ2) is 4.71. The van der Waals surface area contributed by atoms with Gasteiger partial charge in [0.1, 0.15) is 6.33 Å². The van der Waals surface area contributed by atoms with Gasteiger partial charge in [-0.05, 0) is 25.7 Å². The van der Waals surface area contributed by atoms with Crippen LogP contribution in [0.2, 0.25) is 0 Å². The van der Waals surface area contributed by atoms with Gasteiger partial charge in [-0.25, -0.2) is 0 Å². The zero-order valence-corrected chi connectivity index (χ0v) is 10.9. The number of nitrogens with zero attached hydrogens (tertiary/aromatic N) is 4. The van der Waals surface area contributed by atoms with E-state index in [-0.39, 0.29) is 12.0 Å². The SMILES string of the molecule is Cn1cnnc1[C@@H]1CCCN1C(=O)C1CCCC1. The van der Waals surface area contributed by atoms with Gasteiger partial charge in [0.05, 0.1) is 6.04 Å². The molecule has 0 unspecified atom stereocenters. The minimum Gasteiger partial charge on any atom is -0.332 e. The second-order valence-corrected chi connectivity index (χ2v) is 5.47. The van der Waals surface area contributed by atoms with Crippen molar-refractivity contribution in [2.45, 2.75) is 44.6 Å². The molecule has 1 aliphatic heterocycles. The minimum atomic E-state index is 0.144. The largest absolute Gasteiger partial charge is 0.332 e. The molecule has 5 nitrogen and oxygen atoms in total. The number of hydrogen-bond donors (Lipinski definition) is 0. The molecule has 2 fully saturated rings. The average Bonchev–Trinajstić information content (AvgIpc) is 3.09. The van der Waals surface area contributed by atoms with Gasteiger partial charge in [-0.3, -0.25) is 4.79 Å². The van der Waals surface area contributed by atoms with E-state index < -0.39 is 0 Å². The molecule has 0 aromatic carbocycles. The maximum atomic E-state index is 12.5. The fourth-order valence-corrected chi connectivity index (χ4v) is 3.30. The Morgan fingerprint density at radius 1 is 1.28 bits per heavy atom. The van der Waals surface area contributed by atoms with E-state index in [1.807, 2.05) is 16.5 Å². The van der Waals surface area contributed by atoms with E-state index in [0.717, 1.165) is 38.1 Å². The van der Waals surface area contributed by atoms with E-state index in [0.29, 0.717) is 5.91 Å². The number of carbonyl (C=O) groups is 1. The Labute approximate surface area is 107 Å². The lowest BCUT2D eigenvalue weighted by atomic mass is 10.1. The first-order valence-corrected chi connectivity index (χ1v) is 6.92. The number of amides is 1. The van der Waals surface area contributed by atoms with Crippen molar-refractivity contribution < 1.29 is 4.79 Å². The Kier molecular flexibility index (Phi) is 3.06. The molecule has 2 aliphatic rings. The third-order valence-corrected chi connectivity index (χ3v) is 4.28. The van der Waals surface area contributed by atoms with Crippen molar-refractivity contribution in [3.05, 3.63) is 12.2 Å². The lowest BCUT2D eigenvalue weighted by Gasteiger charge is -2.26. The summed E-state index contributed by atoms with van der Waals surface area (Å²) in [6.45, 7) is 0.882. The maximum absolute atomic E-state index is 12.5. The molecule has 3 rings (SSSR count). The molecular weight excluding hydrogens is 228 g/mol. The summed E-state index contributed by atoms with van der Waals surface area (Å²) in [7, 11) is 1.95. The first-order chi connectivity index (χ1) is 8.77. The van der Waals surface area contributed by atoms with Gasteiger partial charge in [0, 0.05) is 19.5 Å². The normalized spacial score (nSPS) is 24.9. The highest BCUT2D eigenvalue weighted by Gasteiger charge is 2.36. The van der Waals surface area contributed by atoms with E-state index >= 15 is 0 Å². The van der Waals surface area contributed by atoms with Crippen LogP contribution in [0.3, 0.4) is 0 Å². The van der Waals surface area contributed by atoms with Crippen LogP contribution in [-0.2, 0) is 11.8 Å². The molecule has 1 saturated heterocycles. The van der Waals surface area contributed by atoms with Crippen molar-refractivity contribution in [2.75, 3.05) is 6.54 Å². The Morgan fingerprint density at radius 3 is 2.72 bits per heavy atom. The average molecular weight is 248 g/mol. The lowest BCUT2D eigenvalue weighted by Crippen LogP contribution is -2.35. The quantitative estimate of drug-likeness (QED) is 0.800. The summed E-state index contributed by atoms with van der Waals surface area (Å²) in [6, 6.07) is 0.144. The smallest absolute Gasteiger partial charge is 0.226 e. The summed E-state index contributed by atoms with van der Waals surface area (Å²) in [4.78, 5) is 14.6. The van der Waals surface area contributed by atoms with Crippen LogP contribution in [0, 0.1) is 5.92 Å². The molecular formula is C13H20N4O. The van der Waals surface area contributed by atoms with Gasteiger partial charge in [0.2, 0.25) is 5.91 Å². The van der Waals surface area contributed by atoms with Crippen LogP contribution in [0.15, 0.2) is 6.33 Å². The van der Waals surface area contributed by atoms with Crippen molar-refractivity contribution in [3.63, 3.8) is 0 Å². The molecule has 0 radical (unpaired) electrons. The third-order valence-electron chi connectivity index (χ3n) is 4.28. The molecule has 1 aromatic rings. The van der Waals surface area contributed by atoms with Crippen molar-refractivity contribution in [1.82, 2.24) is 19.7 Å². The summed E-state index contributed by atoms with van der Waals surface area (Å²) in [5.74, 6) is 1.54. The molecule has 0 N–H and O–H groups in total. The first-order valence-electron chi connectivity index (χ1n) is 6.92. The van der Waals surface area contributed by atoms with Crippen molar-refractivity contribution in [1.29, 1.82) is 0 Å². The maximum Gasteiger partial charge on any atom is 0.226 e. The van der Waals surface area contributed by atoms with Gasteiger partial charge in [-0.2, -0.15) is 0 Å². The highest BCUT2D eigenvalue weighted by atomic mass is 16.2.